The highest BCUT2D eigenvalue weighted by atomic mass is 35.5. The van der Waals surface area contributed by atoms with Crippen molar-refractivity contribution in [3.8, 4) is 5.75 Å². The first-order valence-corrected chi connectivity index (χ1v) is 6.29. The SMILES string of the molecule is CC(C)CC(C)(C)N(Oc1cnc(Cl)nc1)C(=O)O. The number of halogens is 1. The summed E-state index contributed by atoms with van der Waals surface area (Å²) in [5.41, 5.74) is -0.667. The number of hydrogen-bond acceptors (Lipinski definition) is 4. The van der Waals surface area contributed by atoms with Crippen molar-refractivity contribution >= 4 is 17.7 Å². The van der Waals surface area contributed by atoms with E-state index in [4.69, 9.17) is 16.4 Å². The minimum atomic E-state index is -1.17. The van der Waals surface area contributed by atoms with Crippen molar-refractivity contribution in [3.05, 3.63) is 17.7 Å². The molecule has 0 bridgehead atoms. The lowest BCUT2D eigenvalue weighted by molar-refractivity contribution is -0.109. The lowest BCUT2D eigenvalue weighted by Gasteiger charge is -2.35. The second-order valence-corrected chi connectivity index (χ2v) is 5.60. The van der Waals surface area contributed by atoms with Gasteiger partial charge in [0.1, 0.15) is 0 Å². The summed E-state index contributed by atoms with van der Waals surface area (Å²) in [6.45, 7) is 7.65. The predicted octanol–water partition coefficient (Wildman–Crippen LogP) is 3.23. The van der Waals surface area contributed by atoms with Crippen LogP contribution in [0.5, 0.6) is 5.75 Å². The first-order chi connectivity index (χ1) is 8.72. The number of hydroxylamine groups is 2. The lowest BCUT2D eigenvalue weighted by Crippen LogP contribution is -2.50. The van der Waals surface area contributed by atoms with E-state index in [0.717, 1.165) is 5.06 Å². The van der Waals surface area contributed by atoms with Crippen LogP contribution in [-0.4, -0.2) is 31.8 Å². The molecule has 7 heteroatoms. The monoisotopic (exact) mass is 287 g/mol. The molecule has 1 aromatic heterocycles. The zero-order valence-corrected chi connectivity index (χ0v) is 12.2. The zero-order valence-electron chi connectivity index (χ0n) is 11.4. The molecule has 0 atom stereocenters. The Morgan fingerprint density at radius 2 is 2.00 bits per heavy atom. The maximum absolute atomic E-state index is 11.3. The molecule has 0 aliphatic heterocycles. The number of hydrogen-bond donors (Lipinski definition) is 1. The molecular weight excluding hydrogens is 270 g/mol. The van der Waals surface area contributed by atoms with Crippen molar-refractivity contribution in [3.63, 3.8) is 0 Å². The predicted molar refractivity (Wildman–Crippen MR) is 71.1 cm³/mol. The Morgan fingerprint density at radius 1 is 1.47 bits per heavy atom. The van der Waals surface area contributed by atoms with Crippen LogP contribution in [0.2, 0.25) is 5.28 Å². The zero-order chi connectivity index (χ0) is 14.6. The molecule has 0 aromatic carbocycles. The van der Waals surface area contributed by atoms with Gasteiger partial charge in [0, 0.05) is 0 Å². The second kappa shape index (κ2) is 6.06. The fourth-order valence-electron chi connectivity index (χ4n) is 1.96. The highest BCUT2D eigenvalue weighted by Crippen LogP contribution is 2.25. The van der Waals surface area contributed by atoms with Gasteiger partial charge in [-0.3, -0.25) is 0 Å². The van der Waals surface area contributed by atoms with Gasteiger partial charge < -0.3 is 9.94 Å². The van der Waals surface area contributed by atoms with Crippen molar-refractivity contribution in [1.82, 2.24) is 15.0 Å². The Hall–Kier alpha value is -1.56. The van der Waals surface area contributed by atoms with Gasteiger partial charge >= 0.3 is 6.09 Å². The average molecular weight is 288 g/mol. The highest BCUT2D eigenvalue weighted by molar-refractivity contribution is 6.28. The number of carboxylic acid groups (broad SMARTS) is 1. The standard InChI is InChI=1S/C12H18ClN3O3/c1-8(2)5-12(3,4)16(11(17)18)19-9-6-14-10(13)15-7-9/h6-8H,5H2,1-4H3,(H,17,18). The van der Waals surface area contributed by atoms with Gasteiger partial charge in [-0.2, -0.15) is 0 Å². The van der Waals surface area contributed by atoms with Gasteiger partial charge in [0.25, 0.3) is 0 Å². The van der Waals surface area contributed by atoms with Gasteiger partial charge in [0.15, 0.2) is 5.75 Å². The molecule has 0 fully saturated rings. The topological polar surface area (TPSA) is 75.5 Å². The number of nitrogens with zero attached hydrogens (tertiary/aromatic N) is 3. The van der Waals surface area contributed by atoms with Crippen molar-refractivity contribution in [1.29, 1.82) is 0 Å². The van der Waals surface area contributed by atoms with Crippen molar-refractivity contribution in [2.45, 2.75) is 39.7 Å². The van der Waals surface area contributed by atoms with E-state index < -0.39 is 11.6 Å². The van der Waals surface area contributed by atoms with E-state index in [-0.39, 0.29) is 11.0 Å². The Morgan fingerprint density at radius 3 is 2.42 bits per heavy atom. The second-order valence-electron chi connectivity index (χ2n) is 5.27. The molecule has 1 heterocycles. The van der Waals surface area contributed by atoms with Crippen molar-refractivity contribution in [2.75, 3.05) is 0 Å². The quantitative estimate of drug-likeness (QED) is 0.664. The summed E-state index contributed by atoms with van der Waals surface area (Å²) in [5.74, 6) is 0.561. The van der Waals surface area contributed by atoms with Gasteiger partial charge in [-0.25, -0.2) is 14.8 Å². The number of rotatable bonds is 5. The van der Waals surface area contributed by atoms with Gasteiger partial charge in [-0.1, -0.05) is 13.8 Å². The Balaban J connectivity index is 2.89. The highest BCUT2D eigenvalue weighted by Gasteiger charge is 2.34. The van der Waals surface area contributed by atoms with Gasteiger partial charge in [-0.15, -0.1) is 5.06 Å². The molecule has 6 nitrogen and oxygen atoms in total. The summed E-state index contributed by atoms with van der Waals surface area (Å²) < 4.78 is 0. The third kappa shape index (κ3) is 4.55. The summed E-state index contributed by atoms with van der Waals surface area (Å²) in [4.78, 5) is 24.2. The van der Waals surface area contributed by atoms with E-state index in [1.165, 1.54) is 12.4 Å². The van der Waals surface area contributed by atoms with Gasteiger partial charge in [-0.05, 0) is 37.8 Å². The van der Waals surface area contributed by atoms with Crippen LogP contribution < -0.4 is 4.84 Å². The van der Waals surface area contributed by atoms with E-state index in [1.807, 2.05) is 13.8 Å². The van der Waals surface area contributed by atoms with Crippen LogP contribution in [0.25, 0.3) is 0 Å². The van der Waals surface area contributed by atoms with Crippen LogP contribution in [0.3, 0.4) is 0 Å². The molecule has 106 valence electrons. The first-order valence-electron chi connectivity index (χ1n) is 5.91. The van der Waals surface area contributed by atoms with Crippen LogP contribution in [-0.2, 0) is 0 Å². The molecule has 0 spiro atoms. The van der Waals surface area contributed by atoms with Gasteiger partial charge in [0.2, 0.25) is 5.28 Å². The molecule has 1 amide bonds. The van der Waals surface area contributed by atoms with Crippen LogP contribution in [0, 0.1) is 5.92 Å². The molecule has 0 aliphatic carbocycles. The van der Waals surface area contributed by atoms with E-state index in [0.29, 0.717) is 12.3 Å². The molecule has 0 unspecified atom stereocenters. The minimum absolute atomic E-state index is 0.0793. The normalized spacial score (nSPS) is 11.5. The molecular formula is C12H18ClN3O3. The summed E-state index contributed by atoms with van der Waals surface area (Å²) in [7, 11) is 0. The molecule has 19 heavy (non-hydrogen) atoms. The third-order valence-corrected chi connectivity index (χ3v) is 2.62. The van der Waals surface area contributed by atoms with E-state index in [1.54, 1.807) is 13.8 Å². The van der Waals surface area contributed by atoms with Crippen LogP contribution in [0.4, 0.5) is 4.79 Å². The van der Waals surface area contributed by atoms with E-state index >= 15 is 0 Å². The van der Waals surface area contributed by atoms with Crippen LogP contribution in [0.1, 0.15) is 34.1 Å². The van der Waals surface area contributed by atoms with E-state index in [9.17, 15) is 9.90 Å². The first kappa shape index (κ1) is 15.5. The molecule has 0 radical (unpaired) electrons. The number of amides is 1. The van der Waals surface area contributed by atoms with Crippen LogP contribution in [0.15, 0.2) is 12.4 Å². The molecule has 0 aliphatic rings. The molecule has 1 rings (SSSR count). The van der Waals surface area contributed by atoms with Crippen LogP contribution >= 0.6 is 11.6 Å². The number of aromatic nitrogens is 2. The molecule has 1 N–H and O–H groups in total. The Bertz CT molecular complexity index is 434. The maximum Gasteiger partial charge on any atom is 0.441 e. The molecule has 0 saturated carbocycles. The van der Waals surface area contributed by atoms with Gasteiger partial charge in [0.05, 0.1) is 17.9 Å². The van der Waals surface area contributed by atoms with Crippen molar-refractivity contribution in [2.24, 2.45) is 5.92 Å². The largest absolute Gasteiger partial charge is 0.463 e. The van der Waals surface area contributed by atoms with Crippen molar-refractivity contribution < 1.29 is 14.7 Å². The fraction of sp³-hybridized carbons (Fsp3) is 0.583. The summed E-state index contributed by atoms with van der Waals surface area (Å²) in [5, 5.41) is 10.3. The maximum atomic E-state index is 11.3. The van der Waals surface area contributed by atoms with E-state index in [2.05, 4.69) is 9.97 Å². The third-order valence-electron chi connectivity index (χ3n) is 2.42. The summed E-state index contributed by atoms with van der Waals surface area (Å²) >= 11 is 5.56. The smallest absolute Gasteiger partial charge is 0.441 e. The molecule has 0 saturated heterocycles. The summed E-state index contributed by atoms with van der Waals surface area (Å²) in [6, 6.07) is 0. The Kier molecular flexibility index (Phi) is 4.94. The lowest BCUT2D eigenvalue weighted by atomic mass is 9.92. The average Bonchev–Trinajstić information content (AvgIpc) is 2.25. The fourth-order valence-corrected chi connectivity index (χ4v) is 2.05. The number of carbonyl (C=O) groups is 1. The molecule has 1 aromatic rings. The summed E-state index contributed by atoms with van der Waals surface area (Å²) in [6.07, 6.45) is 2.15. The minimum Gasteiger partial charge on any atom is -0.463 e. The Labute approximate surface area is 117 Å².